The fraction of sp³-hybridized carbons (Fsp3) is 0.650. The Morgan fingerprint density at radius 2 is 1.67 bits per heavy atom. The van der Waals surface area contributed by atoms with Crippen LogP contribution < -0.4 is 10.8 Å². The van der Waals surface area contributed by atoms with Crippen LogP contribution in [-0.4, -0.2) is 68.5 Å². The van der Waals surface area contributed by atoms with Crippen molar-refractivity contribution in [2.45, 2.75) is 45.3 Å². The lowest BCUT2D eigenvalue weighted by Gasteiger charge is -2.32. The van der Waals surface area contributed by atoms with Crippen LogP contribution in [0.3, 0.4) is 0 Å². The fourth-order valence-corrected chi connectivity index (χ4v) is 3.20. The zero-order chi connectivity index (χ0) is 19.5. The van der Waals surface area contributed by atoms with E-state index < -0.39 is 0 Å². The van der Waals surface area contributed by atoms with Crippen molar-refractivity contribution >= 4 is 18.5 Å². The van der Waals surface area contributed by atoms with Gasteiger partial charge in [0.2, 0.25) is 5.91 Å². The highest BCUT2D eigenvalue weighted by atomic mass is 16.7. The number of hydrogen-bond acceptors (Lipinski definition) is 5. The summed E-state index contributed by atoms with van der Waals surface area (Å²) < 4.78 is 17.5. The van der Waals surface area contributed by atoms with Crippen molar-refractivity contribution in [3.63, 3.8) is 0 Å². The number of ether oxygens (including phenoxy) is 1. The Hall–Kier alpha value is -1.41. The van der Waals surface area contributed by atoms with Crippen LogP contribution in [-0.2, 0) is 25.3 Å². The van der Waals surface area contributed by atoms with Crippen molar-refractivity contribution in [3.8, 4) is 0 Å². The molecule has 1 N–H and O–H groups in total. The zero-order valence-electron chi connectivity index (χ0n) is 16.9. The zero-order valence-corrected chi connectivity index (χ0v) is 16.9. The summed E-state index contributed by atoms with van der Waals surface area (Å²) >= 11 is 0. The molecule has 1 aromatic rings. The summed E-state index contributed by atoms with van der Waals surface area (Å²) in [6.45, 7) is 13.2. The lowest BCUT2D eigenvalue weighted by molar-refractivity contribution is -0.120. The normalized spacial score (nSPS) is 22.0. The number of morpholine rings is 1. The Kier molecular flexibility index (Phi) is 6.26. The number of carbonyl (C=O) groups is 1. The van der Waals surface area contributed by atoms with Gasteiger partial charge in [-0.25, -0.2) is 0 Å². The monoisotopic (exact) mass is 374 g/mol. The Bertz CT molecular complexity index is 626. The maximum Gasteiger partial charge on any atom is 0.494 e. The second-order valence-electron chi connectivity index (χ2n) is 8.31. The highest BCUT2D eigenvalue weighted by Gasteiger charge is 2.51. The molecule has 0 atom stereocenters. The number of hydrogen-bond donors (Lipinski definition) is 1. The Labute approximate surface area is 162 Å². The largest absolute Gasteiger partial charge is 0.494 e. The lowest BCUT2D eigenvalue weighted by Crippen LogP contribution is -2.41. The number of amides is 1. The molecule has 2 aliphatic heterocycles. The first-order valence-electron chi connectivity index (χ1n) is 9.78. The van der Waals surface area contributed by atoms with Gasteiger partial charge < -0.3 is 19.4 Å². The minimum Gasteiger partial charge on any atom is -0.399 e. The van der Waals surface area contributed by atoms with Gasteiger partial charge in [0.25, 0.3) is 0 Å². The summed E-state index contributed by atoms with van der Waals surface area (Å²) in [4.78, 5) is 14.5. The lowest BCUT2D eigenvalue weighted by atomic mass is 9.79. The maximum absolute atomic E-state index is 12.2. The molecule has 2 saturated heterocycles. The van der Waals surface area contributed by atoms with E-state index >= 15 is 0 Å². The highest BCUT2D eigenvalue weighted by molar-refractivity contribution is 6.62. The first kappa shape index (κ1) is 20.3. The standard InChI is InChI=1S/C20H31BN2O4/c1-19(2)20(3,4)27-21(26-19)17-7-5-16(6-8-17)15-18(24)22-9-10-23-11-13-25-14-12-23/h5-8H,9-15H2,1-4H3,(H,22,24). The van der Waals surface area contributed by atoms with Crippen LogP contribution in [0.15, 0.2) is 24.3 Å². The summed E-state index contributed by atoms with van der Waals surface area (Å²) in [5, 5.41) is 3.00. The minimum atomic E-state index is -0.369. The predicted octanol–water partition coefficient (Wildman–Crippen LogP) is 0.977. The summed E-state index contributed by atoms with van der Waals surface area (Å²) in [5.41, 5.74) is 1.26. The number of carbonyl (C=O) groups excluding carboxylic acids is 1. The average Bonchev–Trinajstić information content (AvgIpc) is 2.84. The molecule has 2 fully saturated rings. The Morgan fingerprint density at radius 3 is 2.26 bits per heavy atom. The van der Waals surface area contributed by atoms with Crippen LogP contribution in [0, 0.1) is 0 Å². The predicted molar refractivity (Wildman–Crippen MR) is 106 cm³/mol. The van der Waals surface area contributed by atoms with E-state index in [0.29, 0.717) is 13.0 Å². The van der Waals surface area contributed by atoms with Crippen molar-refractivity contribution in [3.05, 3.63) is 29.8 Å². The van der Waals surface area contributed by atoms with Crippen molar-refractivity contribution in [1.29, 1.82) is 0 Å². The van der Waals surface area contributed by atoms with Crippen LogP contribution in [0.5, 0.6) is 0 Å². The van der Waals surface area contributed by atoms with Gasteiger partial charge in [0.05, 0.1) is 30.8 Å². The van der Waals surface area contributed by atoms with Crippen molar-refractivity contribution in [2.24, 2.45) is 0 Å². The first-order valence-corrected chi connectivity index (χ1v) is 9.78. The van der Waals surface area contributed by atoms with Gasteiger partial charge in [-0.1, -0.05) is 24.3 Å². The topological polar surface area (TPSA) is 60.0 Å². The van der Waals surface area contributed by atoms with Gasteiger partial charge in [-0.3, -0.25) is 9.69 Å². The summed E-state index contributed by atoms with van der Waals surface area (Å²) in [6, 6.07) is 7.92. The SMILES string of the molecule is CC1(C)OB(c2ccc(CC(=O)NCCN3CCOCC3)cc2)OC1(C)C. The van der Waals surface area contributed by atoms with E-state index in [1.165, 1.54) is 0 Å². The molecule has 27 heavy (non-hydrogen) atoms. The molecule has 2 aliphatic rings. The molecule has 0 aliphatic carbocycles. The van der Waals surface area contributed by atoms with Gasteiger partial charge in [0.1, 0.15) is 0 Å². The van der Waals surface area contributed by atoms with Crippen LogP contribution in [0.4, 0.5) is 0 Å². The van der Waals surface area contributed by atoms with E-state index in [0.717, 1.165) is 43.9 Å². The summed E-state index contributed by atoms with van der Waals surface area (Å²) in [7, 11) is -0.369. The van der Waals surface area contributed by atoms with Gasteiger partial charge in [0.15, 0.2) is 0 Å². The summed E-state index contributed by atoms with van der Waals surface area (Å²) in [5.74, 6) is 0.0478. The fourth-order valence-electron chi connectivity index (χ4n) is 3.20. The molecule has 1 amide bonds. The van der Waals surface area contributed by atoms with E-state index in [4.69, 9.17) is 14.0 Å². The average molecular weight is 374 g/mol. The number of benzene rings is 1. The van der Waals surface area contributed by atoms with Crippen LogP contribution in [0.2, 0.25) is 0 Å². The molecule has 0 spiro atoms. The van der Waals surface area contributed by atoms with Gasteiger partial charge >= 0.3 is 7.12 Å². The molecule has 2 heterocycles. The molecular weight excluding hydrogens is 343 g/mol. The molecule has 7 heteroatoms. The van der Waals surface area contributed by atoms with Gasteiger partial charge in [-0.15, -0.1) is 0 Å². The smallest absolute Gasteiger partial charge is 0.399 e. The molecule has 0 saturated carbocycles. The van der Waals surface area contributed by atoms with Gasteiger partial charge in [-0.05, 0) is 38.7 Å². The van der Waals surface area contributed by atoms with Crippen molar-refractivity contribution in [2.75, 3.05) is 39.4 Å². The van der Waals surface area contributed by atoms with E-state index in [2.05, 4.69) is 10.2 Å². The van der Waals surface area contributed by atoms with Crippen molar-refractivity contribution in [1.82, 2.24) is 10.2 Å². The van der Waals surface area contributed by atoms with Gasteiger partial charge in [0, 0.05) is 26.2 Å². The van der Waals surface area contributed by atoms with E-state index in [-0.39, 0.29) is 24.2 Å². The van der Waals surface area contributed by atoms with E-state index in [9.17, 15) is 4.79 Å². The number of rotatable bonds is 6. The first-order chi connectivity index (χ1) is 12.8. The number of nitrogens with zero attached hydrogens (tertiary/aromatic N) is 1. The van der Waals surface area contributed by atoms with Crippen LogP contribution in [0.1, 0.15) is 33.3 Å². The third-order valence-electron chi connectivity index (χ3n) is 5.72. The van der Waals surface area contributed by atoms with Crippen LogP contribution >= 0.6 is 0 Å². The van der Waals surface area contributed by atoms with Crippen LogP contribution in [0.25, 0.3) is 0 Å². The molecule has 0 bridgehead atoms. The molecule has 1 aromatic carbocycles. The molecule has 3 rings (SSSR count). The molecule has 148 valence electrons. The van der Waals surface area contributed by atoms with E-state index in [1.54, 1.807) is 0 Å². The highest BCUT2D eigenvalue weighted by Crippen LogP contribution is 2.36. The molecule has 0 aromatic heterocycles. The Morgan fingerprint density at radius 1 is 1.07 bits per heavy atom. The Balaban J connectivity index is 1.45. The molecule has 0 radical (unpaired) electrons. The molecule has 6 nitrogen and oxygen atoms in total. The van der Waals surface area contributed by atoms with Gasteiger partial charge in [-0.2, -0.15) is 0 Å². The number of nitrogens with one attached hydrogen (secondary N) is 1. The third-order valence-corrected chi connectivity index (χ3v) is 5.72. The maximum atomic E-state index is 12.2. The quantitative estimate of drug-likeness (QED) is 0.753. The van der Waals surface area contributed by atoms with E-state index in [1.807, 2.05) is 52.0 Å². The minimum absolute atomic E-state index is 0.0478. The third kappa shape index (κ3) is 5.10. The second kappa shape index (κ2) is 8.31. The second-order valence-corrected chi connectivity index (χ2v) is 8.31. The summed E-state index contributed by atoms with van der Waals surface area (Å²) in [6.07, 6.45) is 0.382. The molecular formula is C20H31BN2O4. The van der Waals surface area contributed by atoms with Crippen molar-refractivity contribution < 1.29 is 18.8 Å². The molecule has 0 unspecified atom stereocenters.